The summed E-state index contributed by atoms with van der Waals surface area (Å²) in [7, 11) is 0. The highest BCUT2D eigenvalue weighted by Gasteiger charge is 2.47. The predicted octanol–water partition coefficient (Wildman–Crippen LogP) is 18.6. The number of amides is 1. The van der Waals surface area contributed by atoms with Gasteiger partial charge in [-0.3, -0.25) is 9.59 Å². The van der Waals surface area contributed by atoms with E-state index in [1.165, 1.54) is 154 Å². The Kier molecular flexibility index (Phi) is 58.9. The zero-order valence-corrected chi connectivity index (χ0v) is 55.9. The first kappa shape index (κ1) is 81.6. The van der Waals surface area contributed by atoms with Crippen LogP contribution in [0.4, 0.5) is 0 Å². The highest BCUT2D eigenvalue weighted by Crippen LogP contribution is 2.26. The molecule has 502 valence electrons. The fraction of sp³-hybridized carbons (Fsp3) is 0.763. The molecule has 11 nitrogen and oxygen atoms in total. The molecule has 0 aromatic carbocycles. The number of carbonyl (C=O) groups excluding carboxylic acids is 2. The van der Waals surface area contributed by atoms with Gasteiger partial charge < -0.3 is 45.1 Å². The Labute approximate surface area is 533 Å². The van der Waals surface area contributed by atoms with Crippen molar-refractivity contribution < 1.29 is 49.3 Å². The second-order valence-electron chi connectivity index (χ2n) is 24.6. The van der Waals surface area contributed by atoms with Crippen LogP contribution in [0.25, 0.3) is 0 Å². The Morgan fingerprint density at radius 1 is 0.460 bits per heavy atom. The van der Waals surface area contributed by atoms with Gasteiger partial charge in [-0.25, -0.2) is 0 Å². The standard InChI is InChI=1S/C76H133NO10/c1-4-7-10-13-16-19-22-24-26-28-30-32-33-34-35-36-37-38-40-42-44-46-49-52-55-58-61-64-71(81)87-74-73(83)72(82)70(65-78)86-76(74)85-66-67(68(79)62-59-56-53-50-47-21-18-15-12-9-6-3)77-75(84)69(80)63-60-57-54-51-48-45-43-41-39-31-29-27-25-23-20-17-14-11-8-5-2/h7,10,16,19,24-27,30,32,34-35,37-38,59,62,67-70,72-74,76,78-80,82-83H,4-6,8-9,11-15,17-18,20-23,28-29,31,33,36,39-58,60-61,63-66H2,1-3H3,(H,77,84)/b10-7-,19-16-,26-24-,27-25+,32-30-,35-34-,38-37-,62-59+. The van der Waals surface area contributed by atoms with E-state index in [0.29, 0.717) is 12.8 Å². The lowest BCUT2D eigenvalue weighted by molar-refractivity contribution is -0.305. The van der Waals surface area contributed by atoms with Crippen molar-refractivity contribution in [3.8, 4) is 0 Å². The zero-order valence-electron chi connectivity index (χ0n) is 55.9. The smallest absolute Gasteiger partial charge is 0.306 e. The van der Waals surface area contributed by atoms with Gasteiger partial charge in [0.1, 0.15) is 24.4 Å². The van der Waals surface area contributed by atoms with Crippen LogP contribution in [0.2, 0.25) is 0 Å². The molecule has 1 rings (SSSR count). The molecule has 1 heterocycles. The Bertz CT molecular complexity index is 1790. The maximum Gasteiger partial charge on any atom is 0.306 e. The highest BCUT2D eigenvalue weighted by atomic mass is 16.7. The van der Waals surface area contributed by atoms with Crippen LogP contribution in [0.1, 0.15) is 310 Å². The molecule has 0 aliphatic carbocycles. The maximum absolute atomic E-state index is 13.5. The van der Waals surface area contributed by atoms with E-state index in [-0.39, 0.29) is 19.4 Å². The number of allylic oxidation sites excluding steroid dienone is 15. The van der Waals surface area contributed by atoms with Crippen molar-refractivity contribution in [2.45, 2.75) is 359 Å². The number of rotatable bonds is 61. The molecule has 1 aliphatic heterocycles. The number of esters is 1. The first-order valence-electron chi connectivity index (χ1n) is 36.0. The summed E-state index contributed by atoms with van der Waals surface area (Å²) in [6.45, 7) is 5.69. The van der Waals surface area contributed by atoms with E-state index < -0.39 is 67.4 Å². The zero-order chi connectivity index (χ0) is 63.1. The average molecular weight is 1220 g/mol. The summed E-state index contributed by atoms with van der Waals surface area (Å²) in [5, 5.41) is 57.2. The number of nitrogens with one attached hydrogen (secondary N) is 1. The summed E-state index contributed by atoms with van der Waals surface area (Å²) in [6, 6.07) is -1.03. The Hall–Kier alpha value is -3.42. The maximum atomic E-state index is 13.5. The summed E-state index contributed by atoms with van der Waals surface area (Å²) >= 11 is 0. The number of aliphatic hydroxyl groups is 5. The summed E-state index contributed by atoms with van der Waals surface area (Å²) in [4.78, 5) is 26.7. The van der Waals surface area contributed by atoms with Crippen LogP contribution in [-0.4, -0.2) is 99.6 Å². The first-order valence-corrected chi connectivity index (χ1v) is 36.0. The third kappa shape index (κ3) is 50.0. The summed E-state index contributed by atoms with van der Waals surface area (Å²) < 4.78 is 17.7. The van der Waals surface area contributed by atoms with Gasteiger partial charge in [0.25, 0.3) is 0 Å². The summed E-state index contributed by atoms with van der Waals surface area (Å²) in [5.74, 6) is -1.20. The molecule has 8 unspecified atom stereocenters. The second kappa shape index (κ2) is 62.8. The predicted molar refractivity (Wildman–Crippen MR) is 365 cm³/mol. The normalized spacial score (nSPS) is 18.8. The molecule has 0 aromatic rings. The van der Waals surface area contributed by atoms with Crippen LogP contribution in [0.3, 0.4) is 0 Å². The molecule has 1 aliphatic rings. The molecular weight excluding hydrogens is 1090 g/mol. The summed E-state index contributed by atoms with van der Waals surface area (Å²) in [6.07, 6.45) is 74.5. The van der Waals surface area contributed by atoms with E-state index in [1.54, 1.807) is 6.08 Å². The molecule has 8 atom stereocenters. The van der Waals surface area contributed by atoms with Crippen LogP contribution in [0.15, 0.2) is 97.2 Å². The van der Waals surface area contributed by atoms with Gasteiger partial charge in [-0.15, -0.1) is 0 Å². The van der Waals surface area contributed by atoms with Crippen LogP contribution in [-0.2, 0) is 23.8 Å². The molecule has 11 heteroatoms. The Balaban J connectivity index is 2.55. The van der Waals surface area contributed by atoms with Crippen molar-refractivity contribution in [3.05, 3.63) is 97.2 Å². The van der Waals surface area contributed by atoms with Gasteiger partial charge in [-0.1, -0.05) is 298 Å². The lowest BCUT2D eigenvalue weighted by atomic mass is 9.99. The van der Waals surface area contributed by atoms with E-state index in [0.717, 1.165) is 109 Å². The van der Waals surface area contributed by atoms with E-state index in [4.69, 9.17) is 14.2 Å². The molecule has 0 radical (unpaired) electrons. The fourth-order valence-corrected chi connectivity index (χ4v) is 10.8. The first-order chi connectivity index (χ1) is 42.7. The topological polar surface area (TPSA) is 175 Å². The number of hydrogen-bond acceptors (Lipinski definition) is 10. The lowest BCUT2D eigenvalue weighted by Crippen LogP contribution is -2.61. The van der Waals surface area contributed by atoms with Crippen molar-refractivity contribution in [3.63, 3.8) is 0 Å². The molecule has 0 aromatic heterocycles. The third-order valence-corrected chi connectivity index (χ3v) is 16.5. The van der Waals surface area contributed by atoms with Crippen molar-refractivity contribution in [2.75, 3.05) is 13.2 Å². The van der Waals surface area contributed by atoms with Crippen molar-refractivity contribution in [2.24, 2.45) is 0 Å². The number of hydrogen-bond donors (Lipinski definition) is 6. The fourth-order valence-electron chi connectivity index (χ4n) is 10.8. The molecule has 6 N–H and O–H groups in total. The van der Waals surface area contributed by atoms with Crippen LogP contribution in [0.5, 0.6) is 0 Å². The van der Waals surface area contributed by atoms with Crippen LogP contribution in [0, 0.1) is 0 Å². The monoisotopic (exact) mass is 1220 g/mol. The van der Waals surface area contributed by atoms with E-state index >= 15 is 0 Å². The Morgan fingerprint density at radius 3 is 1.25 bits per heavy atom. The van der Waals surface area contributed by atoms with E-state index in [1.807, 2.05) is 6.08 Å². The van der Waals surface area contributed by atoms with Crippen molar-refractivity contribution in [1.29, 1.82) is 0 Å². The molecule has 0 saturated carbocycles. The molecule has 0 bridgehead atoms. The minimum Gasteiger partial charge on any atom is -0.454 e. The Morgan fingerprint density at radius 2 is 0.828 bits per heavy atom. The second-order valence-corrected chi connectivity index (χ2v) is 24.6. The number of carbonyl (C=O) groups is 2. The van der Waals surface area contributed by atoms with Gasteiger partial charge in [-0.2, -0.15) is 0 Å². The van der Waals surface area contributed by atoms with Gasteiger partial charge >= 0.3 is 5.97 Å². The van der Waals surface area contributed by atoms with Gasteiger partial charge in [0, 0.05) is 6.42 Å². The minimum atomic E-state index is -1.62. The summed E-state index contributed by atoms with van der Waals surface area (Å²) in [5.41, 5.74) is 0. The molecule has 0 spiro atoms. The molecule has 1 amide bonds. The molecule has 87 heavy (non-hydrogen) atoms. The number of aliphatic hydroxyl groups excluding tert-OH is 5. The van der Waals surface area contributed by atoms with Crippen molar-refractivity contribution in [1.82, 2.24) is 5.32 Å². The van der Waals surface area contributed by atoms with Crippen molar-refractivity contribution >= 4 is 11.9 Å². The lowest BCUT2D eigenvalue weighted by Gasteiger charge is -2.41. The quantitative estimate of drug-likeness (QED) is 0.0195. The van der Waals surface area contributed by atoms with Crippen LogP contribution < -0.4 is 5.32 Å². The van der Waals surface area contributed by atoms with E-state index in [2.05, 4.69) is 111 Å². The SMILES string of the molecule is CC/C=C\C/C=C\C/C=C\C/C=C\C/C=C\C/C=C\CCCCCCCCCCC(=O)OC1C(OCC(NC(=O)C(O)CCCCCCCCCCCC/C=C/CCCCCCCC)C(O)/C=C/CCCCCCCCCCC)OC(CO)C(O)C1O. The van der Waals surface area contributed by atoms with Gasteiger partial charge in [0.05, 0.1) is 25.4 Å². The third-order valence-electron chi connectivity index (χ3n) is 16.5. The van der Waals surface area contributed by atoms with Gasteiger partial charge in [-0.05, 0) is 103 Å². The largest absolute Gasteiger partial charge is 0.454 e. The molecule has 1 fully saturated rings. The van der Waals surface area contributed by atoms with Gasteiger partial charge in [0.15, 0.2) is 12.4 Å². The average Bonchev–Trinajstić information content (AvgIpc) is 2.93. The number of unbranched alkanes of at least 4 members (excludes halogenated alkanes) is 33. The van der Waals surface area contributed by atoms with E-state index in [9.17, 15) is 35.1 Å². The minimum absolute atomic E-state index is 0.109. The number of ether oxygens (including phenoxy) is 3. The molecule has 1 saturated heterocycles. The highest BCUT2D eigenvalue weighted by molar-refractivity contribution is 5.80. The van der Waals surface area contributed by atoms with Gasteiger partial charge in [0.2, 0.25) is 5.91 Å². The van der Waals surface area contributed by atoms with Crippen LogP contribution >= 0.6 is 0 Å². The molecular formula is C76H133NO10.